The molecule has 0 amide bonds. The molecule has 1 fully saturated rings. The molecule has 5 atom stereocenters. The Bertz CT molecular complexity index is 1210. The number of nitrogens with one attached hydrogen (secondary N) is 1. The average Bonchev–Trinajstić information content (AvgIpc) is 3.08. The van der Waals surface area contributed by atoms with Crippen LogP contribution in [0.1, 0.15) is 49.8 Å². The molecule has 2 aromatic rings. The number of ether oxygens (including phenoxy) is 7. The summed E-state index contributed by atoms with van der Waals surface area (Å²) < 4.78 is 40.8. The molecule has 262 valence electrons. The molecule has 0 unspecified atom stereocenters. The van der Waals surface area contributed by atoms with E-state index in [-0.39, 0.29) is 30.7 Å². The van der Waals surface area contributed by atoms with Crippen LogP contribution in [-0.4, -0.2) is 104 Å². The molecule has 2 heterocycles. The first-order valence-electron chi connectivity index (χ1n) is 16.9. The van der Waals surface area contributed by atoms with Crippen LogP contribution in [0.3, 0.4) is 0 Å². The maximum Gasteiger partial charge on any atom is 0.323 e. The number of anilines is 1. The number of hydrogen-bond donors (Lipinski definition) is 2. The van der Waals surface area contributed by atoms with Gasteiger partial charge in [-0.3, -0.25) is 4.79 Å². The zero-order chi connectivity index (χ0) is 33.6. The SMILES string of the molecule is COCCCN1CCOc2ccc(CO[C@H]3CNC[C@@H](OC[C@@H](C)OC(=O)[C@@H](N)C(C)C)[C@@H]3c3ccc(COCCOC)cc3)cc21. The second-order valence-corrected chi connectivity index (χ2v) is 12.7. The number of fused-ring (bicyclic) bond motifs is 1. The first kappa shape index (κ1) is 37.1. The monoisotopic (exact) mass is 657 g/mol. The summed E-state index contributed by atoms with van der Waals surface area (Å²) in [7, 11) is 3.40. The smallest absolute Gasteiger partial charge is 0.323 e. The maximum absolute atomic E-state index is 12.5. The fraction of sp³-hybridized carbons (Fsp3) is 0.639. The minimum atomic E-state index is -0.663. The summed E-state index contributed by atoms with van der Waals surface area (Å²) >= 11 is 0. The highest BCUT2D eigenvalue weighted by atomic mass is 16.6. The van der Waals surface area contributed by atoms with Crippen LogP contribution in [0.4, 0.5) is 5.69 Å². The van der Waals surface area contributed by atoms with E-state index in [1.54, 1.807) is 14.2 Å². The lowest BCUT2D eigenvalue weighted by molar-refractivity contribution is -0.156. The van der Waals surface area contributed by atoms with Gasteiger partial charge in [-0.2, -0.15) is 0 Å². The normalized spacial score (nSPS) is 20.8. The van der Waals surface area contributed by atoms with E-state index in [2.05, 4.69) is 46.6 Å². The highest BCUT2D eigenvalue weighted by molar-refractivity contribution is 5.75. The Morgan fingerprint density at radius 2 is 1.68 bits per heavy atom. The van der Waals surface area contributed by atoms with Crippen LogP contribution in [0.2, 0.25) is 0 Å². The molecular weight excluding hydrogens is 602 g/mol. The van der Waals surface area contributed by atoms with E-state index in [0.29, 0.717) is 46.1 Å². The van der Waals surface area contributed by atoms with Crippen molar-refractivity contribution in [1.29, 1.82) is 0 Å². The van der Waals surface area contributed by atoms with E-state index in [1.807, 2.05) is 26.8 Å². The van der Waals surface area contributed by atoms with Crippen LogP contribution in [0.5, 0.6) is 5.75 Å². The van der Waals surface area contributed by atoms with Gasteiger partial charge in [-0.1, -0.05) is 44.2 Å². The van der Waals surface area contributed by atoms with Crippen molar-refractivity contribution in [2.75, 3.05) is 78.3 Å². The number of hydrogen-bond acceptors (Lipinski definition) is 11. The molecule has 11 nitrogen and oxygen atoms in total. The molecule has 47 heavy (non-hydrogen) atoms. The minimum absolute atomic E-state index is 0.00447. The van der Waals surface area contributed by atoms with Crippen LogP contribution in [0, 0.1) is 5.92 Å². The summed E-state index contributed by atoms with van der Waals surface area (Å²) in [6, 6.07) is 14.1. The Morgan fingerprint density at radius 3 is 2.40 bits per heavy atom. The Morgan fingerprint density at radius 1 is 0.957 bits per heavy atom. The van der Waals surface area contributed by atoms with E-state index in [1.165, 1.54) is 0 Å². The van der Waals surface area contributed by atoms with Gasteiger partial charge < -0.3 is 49.1 Å². The van der Waals surface area contributed by atoms with Crippen LogP contribution < -0.4 is 20.7 Å². The summed E-state index contributed by atoms with van der Waals surface area (Å²) in [6.45, 7) is 12.4. The second-order valence-electron chi connectivity index (χ2n) is 12.7. The highest BCUT2D eigenvalue weighted by Crippen LogP contribution is 2.35. The van der Waals surface area contributed by atoms with Crippen molar-refractivity contribution in [2.45, 2.75) is 70.7 Å². The summed E-state index contributed by atoms with van der Waals surface area (Å²) in [4.78, 5) is 14.8. The molecule has 0 aromatic heterocycles. The number of piperidine rings is 1. The van der Waals surface area contributed by atoms with Gasteiger partial charge >= 0.3 is 5.97 Å². The second kappa shape index (κ2) is 19.3. The first-order valence-corrected chi connectivity index (χ1v) is 16.9. The molecule has 4 rings (SSSR count). The van der Waals surface area contributed by atoms with Gasteiger partial charge in [-0.15, -0.1) is 0 Å². The highest BCUT2D eigenvalue weighted by Gasteiger charge is 2.37. The molecule has 0 radical (unpaired) electrons. The molecule has 11 heteroatoms. The van der Waals surface area contributed by atoms with Crippen molar-refractivity contribution in [3.8, 4) is 5.75 Å². The van der Waals surface area contributed by atoms with E-state index in [4.69, 9.17) is 38.9 Å². The predicted molar refractivity (Wildman–Crippen MR) is 181 cm³/mol. The zero-order valence-electron chi connectivity index (χ0n) is 28.8. The fourth-order valence-electron chi connectivity index (χ4n) is 5.87. The molecule has 0 spiro atoms. The van der Waals surface area contributed by atoms with Crippen molar-refractivity contribution < 1.29 is 38.0 Å². The van der Waals surface area contributed by atoms with Crippen LogP contribution in [-0.2, 0) is 46.4 Å². The topological polar surface area (TPSA) is 123 Å². The Kier molecular flexibility index (Phi) is 15.2. The summed E-state index contributed by atoms with van der Waals surface area (Å²) in [5.41, 5.74) is 10.4. The molecule has 3 N–H and O–H groups in total. The number of carbonyl (C=O) groups is 1. The van der Waals surface area contributed by atoms with Crippen molar-refractivity contribution in [1.82, 2.24) is 5.32 Å². The lowest BCUT2D eigenvalue weighted by Gasteiger charge is -2.39. The van der Waals surface area contributed by atoms with E-state index in [9.17, 15) is 4.79 Å². The number of benzene rings is 2. The third-order valence-electron chi connectivity index (χ3n) is 8.63. The summed E-state index contributed by atoms with van der Waals surface area (Å²) in [5, 5.41) is 3.51. The molecule has 0 saturated carbocycles. The fourth-order valence-corrected chi connectivity index (χ4v) is 5.87. The van der Waals surface area contributed by atoms with Gasteiger partial charge in [0.1, 0.15) is 24.5 Å². The van der Waals surface area contributed by atoms with Crippen LogP contribution >= 0.6 is 0 Å². The van der Waals surface area contributed by atoms with Gasteiger partial charge in [0.2, 0.25) is 0 Å². The molecular formula is C36H55N3O8. The molecule has 2 aliphatic heterocycles. The lowest BCUT2D eigenvalue weighted by Crippen LogP contribution is -2.51. The van der Waals surface area contributed by atoms with Gasteiger partial charge in [-0.05, 0) is 48.1 Å². The van der Waals surface area contributed by atoms with Crippen molar-refractivity contribution in [2.24, 2.45) is 11.7 Å². The minimum Gasteiger partial charge on any atom is -0.490 e. The van der Waals surface area contributed by atoms with E-state index < -0.39 is 18.1 Å². The van der Waals surface area contributed by atoms with Gasteiger partial charge in [-0.25, -0.2) is 0 Å². The molecule has 0 aliphatic carbocycles. The van der Waals surface area contributed by atoms with Crippen LogP contribution in [0.25, 0.3) is 0 Å². The number of nitrogens with two attached hydrogens (primary N) is 1. The van der Waals surface area contributed by atoms with Crippen molar-refractivity contribution in [3.05, 3.63) is 59.2 Å². The lowest BCUT2D eigenvalue weighted by atomic mass is 9.85. The average molecular weight is 658 g/mol. The quantitative estimate of drug-likeness (QED) is 0.170. The number of rotatable bonds is 19. The van der Waals surface area contributed by atoms with Crippen molar-refractivity contribution >= 4 is 11.7 Å². The number of carbonyl (C=O) groups excluding carboxylic acids is 1. The Hall–Kier alpha value is -2.77. The Labute approximate surface area is 280 Å². The first-order chi connectivity index (χ1) is 22.8. The number of methoxy groups -OCH3 is 2. The van der Waals surface area contributed by atoms with Crippen LogP contribution in [0.15, 0.2) is 42.5 Å². The van der Waals surface area contributed by atoms with E-state index in [0.717, 1.165) is 54.2 Å². The predicted octanol–water partition coefficient (Wildman–Crippen LogP) is 3.66. The summed E-state index contributed by atoms with van der Waals surface area (Å²) in [6.07, 6.45) is 0.152. The summed E-state index contributed by atoms with van der Waals surface area (Å²) in [5.74, 6) is 0.437. The van der Waals surface area contributed by atoms with Gasteiger partial charge in [0.15, 0.2) is 0 Å². The largest absolute Gasteiger partial charge is 0.490 e. The maximum atomic E-state index is 12.5. The number of esters is 1. The standard InChI is InChI=1S/C36H55N3O8/c1-25(2)35(37)36(40)47-26(3)22-45-32-20-38-21-33(34(32)29-10-7-27(8-11-29)23-43-18-17-42-5)46-24-28-9-12-31-30(19-28)39(14-16-44-31)13-6-15-41-4/h7-12,19,25-26,32-35,38H,6,13-18,20-24,37H2,1-5H3/t26-,32-,33+,34+,35+/m1/s1. The molecule has 1 saturated heterocycles. The zero-order valence-corrected chi connectivity index (χ0v) is 28.8. The third kappa shape index (κ3) is 11.1. The van der Waals surface area contributed by atoms with Gasteiger partial charge in [0.25, 0.3) is 0 Å². The number of nitrogens with zero attached hydrogens (tertiary/aromatic N) is 1. The molecule has 2 aromatic carbocycles. The Balaban J connectivity index is 1.46. The molecule has 2 aliphatic rings. The third-order valence-corrected chi connectivity index (χ3v) is 8.63. The van der Waals surface area contributed by atoms with Crippen molar-refractivity contribution in [3.63, 3.8) is 0 Å². The van der Waals surface area contributed by atoms with E-state index >= 15 is 0 Å². The van der Waals surface area contributed by atoms with Gasteiger partial charge in [0.05, 0.1) is 57.5 Å². The molecule has 0 bridgehead atoms. The van der Waals surface area contributed by atoms with Gasteiger partial charge in [0, 0.05) is 46.4 Å².